The number of fused-ring (bicyclic) bond motifs is 1. The molecule has 1 aliphatic carbocycles. The summed E-state index contributed by atoms with van der Waals surface area (Å²) < 4.78 is 6.16. The van der Waals surface area contributed by atoms with Crippen LogP contribution in [0.3, 0.4) is 0 Å². The Kier molecular flexibility index (Phi) is 5.71. The lowest BCUT2D eigenvalue weighted by Crippen LogP contribution is -2.13. The summed E-state index contributed by atoms with van der Waals surface area (Å²) in [5.74, 6) is 2.89. The topological polar surface area (TPSA) is 67.9 Å². The molecule has 32 heavy (non-hydrogen) atoms. The molecule has 4 aromatic rings. The Hall–Kier alpha value is -3.47. The number of nitrogens with one attached hydrogen (secondary N) is 1. The van der Waals surface area contributed by atoms with Gasteiger partial charge in [0.25, 0.3) is 0 Å². The molecule has 0 atom stereocenters. The van der Waals surface area contributed by atoms with Crippen LogP contribution in [0.15, 0.2) is 66.9 Å². The van der Waals surface area contributed by atoms with Crippen molar-refractivity contribution < 1.29 is 9.53 Å². The van der Waals surface area contributed by atoms with Gasteiger partial charge >= 0.3 is 0 Å². The Balaban J connectivity index is 1.31. The average Bonchev–Trinajstić information content (AvgIpc) is 3.29. The van der Waals surface area contributed by atoms with Crippen LogP contribution in [0.25, 0.3) is 11.0 Å². The number of ether oxygens (including phenoxy) is 1. The largest absolute Gasteiger partial charge is 0.439 e. The first-order valence-electron chi connectivity index (χ1n) is 11.4. The molecule has 2 aromatic heterocycles. The maximum atomic E-state index is 12.9. The fourth-order valence-corrected chi connectivity index (χ4v) is 4.66. The molecule has 0 bridgehead atoms. The number of aromatic nitrogens is 3. The van der Waals surface area contributed by atoms with Gasteiger partial charge in [-0.15, -0.1) is 0 Å². The second-order valence-electron chi connectivity index (χ2n) is 8.58. The number of ketones is 1. The third-order valence-electron chi connectivity index (χ3n) is 6.60. The maximum Gasteiger partial charge on any atom is 0.228 e. The van der Waals surface area contributed by atoms with Crippen LogP contribution >= 0.6 is 0 Å². The lowest BCUT2D eigenvalue weighted by molar-refractivity contribution is 0.103. The van der Waals surface area contributed by atoms with Crippen LogP contribution in [-0.2, 0) is 0 Å². The first kappa shape index (κ1) is 20.4. The molecule has 1 fully saturated rings. The van der Waals surface area contributed by atoms with Crippen molar-refractivity contribution in [3.8, 4) is 11.6 Å². The summed E-state index contributed by atoms with van der Waals surface area (Å²) in [6.07, 6.45) is 7.96. The predicted molar refractivity (Wildman–Crippen MR) is 125 cm³/mol. The van der Waals surface area contributed by atoms with Crippen molar-refractivity contribution in [3.05, 3.63) is 83.8 Å². The van der Waals surface area contributed by atoms with Crippen molar-refractivity contribution in [3.63, 3.8) is 0 Å². The summed E-state index contributed by atoms with van der Waals surface area (Å²) in [6, 6.07) is 19.0. The van der Waals surface area contributed by atoms with E-state index in [2.05, 4.69) is 27.9 Å². The molecule has 5 rings (SSSR count). The van der Waals surface area contributed by atoms with Gasteiger partial charge in [-0.2, -0.15) is 0 Å². The number of hydrogen-bond donors (Lipinski definition) is 1. The number of hydrogen-bond acceptors (Lipinski definition) is 4. The zero-order chi connectivity index (χ0) is 21.9. The normalized spacial score (nSPS) is 18.5. The van der Waals surface area contributed by atoms with Crippen molar-refractivity contribution in [1.82, 2.24) is 15.0 Å². The predicted octanol–water partition coefficient (Wildman–Crippen LogP) is 6.67. The molecule has 2 aromatic carbocycles. The van der Waals surface area contributed by atoms with Gasteiger partial charge in [-0.05, 0) is 80.0 Å². The quantitative estimate of drug-likeness (QED) is 0.351. The smallest absolute Gasteiger partial charge is 0.228 e. The van der Waals surface area contributed by atoms with Crippen LogP contribution in [-0.4, -0.2) is 20.7 Å². The van der Waals surface area contributed by atoms with E-state index in [0.717, 1.165) is 17.0 Å². The number of nitrogens with zero attached hydrogens (tertiary/aromatic N) is 2. The van der Waals surface area contributed by atoms with Crippen LogP contribution in [0.1, 0.15) is 66.7 Å². The van der Waals surface area contributed by atoms with Crippen LogP contribution in [0.5, 0.6) is 11.6 Å². The monoisotopic (exact) mass is 425 g/mol. The Morgan fingerprint density at radius 1 is 1.00 bits per heavy atom. The summed E-state index contributed by atoms with van der Waals surface area (Å²) in [7, 11) is 0. The molecule has 1 aliphatic rings. The number of carbonyl (C=O) groups is 1. The van der Waals surface area contributed by atoms with E-state index < -0.39 is 0 Å². The van der Waals surface area contributed by atoms with E-state index in [0.29, 0.717) is 28.9 Å². The van der Waals surface area contributed by atoms with E-state index >= 15 is 0 Å². The van der Waals surface area contributed by atoms with E-state index in [4.69, 9.17) is 4.74 Å². The van der Waals surface area contributed by atoms with Gasteiger partial charge in [0.1, 0.15) is 5.75 Å². The number of imidazole rings is 1. The second kappa shape index (κ2) is 8.95. The van der Waals surface area contributed by atoms with Gasteiger partial charge in [0, 0.05) is 17.3 Å². The van der Waals surface area contributed by atoms with Gasteiger partial charge in [0.05, 0.1) is 11.0 Å². The molecule has 0 spiro atoms. The van der Waals surface area contributed by atoms with Crippen molar-refractivity contribution >= 4 is 16.8 Å². The van der Waals surface area contributed by atoms with Crippen molar-refractivity contribution in [2.24, 2.45) is 5.92 Å². The number of H-pyrrole nitrogens is 1. The molecule has 0 radical (unpaired) electrons. The minimum Gasteiger partial charge on any atom is -0.439 e. The molecule has 1 saturated carbocycles. The Morgan fingerprint density at radius 3 is 2.53 bits per heavy atom. The molecule has 2 heterocycles. The number of aromatic amines is 1. The van der Waals surface area contributed by atoms with Crippen molar-refractivity contribution in [2.45, 2.75) is 44.9 Å². The molecule has 0 amide bonds. The van der Waals surface area contributed by atoms with Gasteiger partial charge < -0.3 is 9.72 Å². The van der Waals surface area contributed by atoms with Crippen LogP contribution in [0.4, 0.5) is 0 Å². The van der Waals surface area contributed by atoms with Crippen LogP contribution < -0.4 is 4.74 Å². The first-order chi connectivity index (χ1) is 15.7. The van der Waals surface area contributed by atoms with Gasteiger partial charge in [-0.1, -0.05) is 31.5 Å². The maximum absolute atomic E-state index is 12.9. The molecule has 1 N–H and O–H groups in total. The van der Waals surface area contributed by atoms with Gasteiger partial charge in [-0.25, -0.2) is 9.97 Å². The van der Waals surface area contributed by atoms with E-state index in [9.17, 15) is 4.79 Å². The molecule has 162 valence electrons. The van der Waals surface area contributed by atoms with Crippen molar-refractivity contribution in [2.75, 3.05) is 0 Å². The van der Waals surface area contributed by atoms with Gasteiger partial charge in [-0.3, -0.25) is 4.79 Å². The highest BCUT2D eigenvalue weighted by Gasteiger charge is 2.24. The summed E-state index contributed by atoms with van der Waals surface area (Å²) in [5, 5.41) is 0. The molecule has 0 aliphatic heterocycles. The van der Waals surface area contributed by atoms with Crippen molar-refractivity contribution in [1.29, 1.82) is 0 Å². The number of para-hydroxylation sites is 2. The summed E-state index contributed by atoms with van der Waals surface area (Å²) in [4.78, 5) is 24.9. The molecule has 5 nitrogen and oxygen atoms in total. The van der Waals surface area contributed by atoms with Gasteiger partial charge in [0.2, 0.25) is 11.7 Å². The minimum absolute atomic E-state index is 0.140. The molecule has 5 heteroatoms. The highest BCUT2D eigenvalue weighted by atomic mass is 16.5. The standard InChI is InChI=1S/C27H27N3O2/c1-2-18-9-11-19(12-10-18)22-6-5-17-28-27(22)32-21-15-13-20(14-16-21)25(31)26-29-23-7-3-4-8-24(23)30-26/h3-8,13-19H,2,9-12H2,1H3,(H,29,30). The van der Waals surface area contributed by atoms with E-state index in [1.165, 1.54) is 37.7 Å². The Morgan fingerprint density at radius 2 is 1.78 bits per heavy atom. The zero-order valence-corrected chi connectivity index (χ0v) is 18.3. The summed E-state index contributed by atoms with van der Waals surface area (Å²) >= 11 is 0. The van der Waals surface area contributed by atoms with Crippen LogP contribution in [0.2, 0.25) is 0 Å². The van der Waals surface area contributed by atoms with Gasteiger partial charge in [0.15, 0.2) is 5.82 Å². The molecular weight excluding hydrogens is 398 g/mol. The summed E-state index contributed by atoms with van der Waals surface area (Å²) in [5.41, 5.74) is 3.39. The van der Waals surface area contributed by atoms with E-state index in [1.54, 1.807) is 18.3 Å². The van der Waals surface area contributed by atoms with E-state index in [1.807, 2.05) is 42.5 Å². The fraction of sp³-hybridized carbons (Fsp3) is 0.296. The van der Waals surface area contributed by atoms with Crippen LogP contribution in [0, 0.1) is 5.92 Å². The number of rotatable bonds is 6. The third-order valence-corrected chi connectivity index (χ3v) is 6.60. The third kappa shape index (κ3) is 4.15. The first-order valence-corrected chi connectivity index (χ1v) is 11.4. The number of pyridine rings is 1. The fourth-order valence-electron chi connectivity index (χ4n) is 4.66. The number of benzene rings is 2. The highest BCUT2D eigenvalue weighted by molar-refractivity contribution is 6.08. The average molecular weight is 426 g/mol. The number of carbonyl (C=O) groups excluding carboxylic acids is 1. The Bertz CT molecular complexity index is 1190. The van der Waals surface area contributed by atoms with E-state index in [-0.39, 0.29) is 5.78 Å². The molecular formula is C27H27N3O2. The second-order valence-corrected chi connectivity index (χ2v) is 8.58. The summed E-state index contributed by atoms with van der Waals surface area (Å²) in [6.45, 7) is 2.28. The zero-order valence-electron chi connectivity index (χ0n) is 18.3. The Labute approximate surface area is 187 Å². The lowest BCUT2D eigenvalue weighted by atomic mass is 9.78. The minimum atomic E-state index is -0.140. The SMILES string of the molecule is CCC1CCC(c2cccnc2Oc2ccc(C(=O)c3nc4ccccc4[nH]3)cc2)CC1. The molecule has 0 saturated heterocycles. The lowest BCUT2D eigenvalue weighted by Gasteiger charge is -2.28. The highest BCUT2D eigenvalue weighted by Crippen LogP contribution is 2.40. The molecule has 0 unspecified atom stereocenters.